The Morgan fingerprint density at radius 3 is 2.05 bits per heavy atom. The zero-order valence-corrected chi connectivity index (χ0v) is 24.8. The molecule has 0 saturated heterocycles. The number of esters is 2. The van der Waals surface area contributed by atoms with E-state index in [1.807, 2.05) is 31.2 Å². The maximum Gasteiger partial charge on any atom is 0.320 e. The minimum absolute atomic E-state index is 0.0634. The molecule has 8 nitrogen and oxygen atoms in total. The van der Waals surface area contributed by atoms with Gasteiger partial charge in [0.05, 0.1) is 13.1 Å². The van der Waals surface area contributed by atoms with E-state index in [0.717, 1.165) is 41.5 Å². The molecule has 8 heteroatoms. The fourth-order valence-corrected chi connectivity index (χ4v) is 5.34. The van der Waals surface area contributed by atoms with Crippen LogP contribution in [-0.4, -0.2) is 61.9 Å². The molecule has 0 aromatic heterocycles. The Bertz CT molecular complexity index is 1280. The van der Waals surface area contributed by atoms with Crippen LogP contribution in [0.15, 0.2) is 36.4 Å². The normalized spacial score (nSPS) is 19.9. The summed E-state index contributed by atoms with van der Waals surface area (Å²) in [6.07, 6.45) is 2.60. The van der Waals surface area contributed by atoms with Crippen LogP contribution >= 0.6 is 0 Å². The predicted octanol–water partition coefficient (Wildman–Crippen LogP) is 4.17. The molecule has 2 aliphatic rings. The SMILES string of the molecule is CC(C)C(C)NCC(=O)OCC(=O)c1ccc(-c2ccc(C(=O)COC(=O)CNC3C(C)[C@H]3C)c3c2CCC3)cc1. The lowest BCUT2D eigenvalue weighted by molar-refractivity contribution is -0.142. The van der Waals surface area contributed by atoms with Crippen molar-refractivity contribution in [3.05, 3.63) is 58.7 Å². The molecule has 2 aliphatic carbocycles. The minimum Gasteiger partial charge on any atom is -0.456 e. The third-order valence-electron chi connectivity index (χ3n) is 8.70. The summed E-state index contributed by atoms with van der Waals surface area (Å²) in [6, 6.07) is 11.5. The van der Waals surface area contributed by atoms with E-state index >= 15 is 0 Å². The van der Waals surface area contributed by atoms with Crippen LogP contribution in [-0.2, 0) is 31.9 Å². The van der Waals surface area contributed by atoms with Crippen molar-refractivity contribution < 1.29 is 28.7 Å². The standard InChI is InChI=1S/C33H42N2O6/c1-19(2)22(5)34-15-31(38)40-17-29(36)24-11-9-23(10-12-24)25-13-14-28(27-8-6-7-26(25)27)30(37)18-41-32(39)16-35-33-20(3)21(33)4/h9-14,19-22,33-35H,6-8,15-18H2,1-5H3/t20-,21?,22?,33?/m1/s1. The first-order valence-electron chi connectivity index (χ1n) is 14.7. The molecule has 3 unspecified atom stereocenters. The monoisotopic (exact) mass is 562 g/mol. The average molecular weight is 563 g/mol. The maximum atomic E-state index is 13.0. The van der Waals surface area contributed by atoms with Crippen LogP contribution in [0.5, 0.6) is 0 Å². The van der Waals surface area contributed by atoms with Crippen LogP contribution in [0.25, 0.3) is 11.1 Å². The number of ether oxygens (including phenoxy) is 2. The third-order valence-corrected chi connectivity index (χ3v) is 8.70. The van der Waals surface area contributed by atoms with Gasteiger partial charge in [-0.1, -0.05) is 64.1 Å². The zero-order valence-electron chi connectivity index (χ0n) is 24.8. The molecule has 220 valence electrons. The fraction of sp³-hybridized carbons (Fsp3) is 0.515. The number of fused-ring (bicyclic) bond motifs is 1. The first-order chi connectivity index (χ1) is 19.6. The fourth-order valence-electron chi connectivity index (χ4n) is 5.34. The van der Waals surface area contributed by atoms with Gasteiger partial charge in [-0.25, -0.2) is 0 Å². The summed E-state index contributed by atoms with van der Waals surface area (Å²) in [5.41, 5.74) is 5.18. The highest BCUT2D eigenvalue weighted by Gasteiger charge is 2.42. The predicted molar refractivity (Wildman–Crippen MR) is 157 cm³/mol. The van der Waals surface area contributed by atoms with E-state index in [4.69, 9.17) is 9.47 Å². The molecule has 2 N–H and O–H groups in total. The Hall–Kier alpha value is -3.36. The molecule has 4 atom stereocenters. The number of hydrogen-bond acceptors (Lipinski definition) is 8. The lowest BCUT2D eigenvalue weighted by atomic mass is 9.91. The van der Waals surface area contributed by atoms with E-state index in [0.29, 0.717) is 34.9 Å². The highest BCUT2D eigenvalue weighted by molar-refractivity contribution is 6.01. The first-order valence-corrected chi connectivity index (χ1v) is 14.7. The molecular weight excluding hydrogens is 520 g/mol. The molecule has 2 aromatic carbocycles. The van der Waals surface area contributed by atoms with Crippen LogP contribution in [0.3, 0.4) is 0 Å². The lowest BCUT2D eigenvalue weighted by Crippen LogP contribution is -2.36. The van der Waals surface area contributed by atoms with Gasteiger partial charge in [-0.15, -0.1) is 0 Å². The summed E-state index contributed by atoms with van der Waals surface area (Å²) < 4.78 is 10.4. The number of Topliss-reactive ketones (excluding diaryl/α,β-unsaturated/α-hetero) is 2. The van der Waals surface area contributed by atoms with Crippen LogP contribution in [0, 0.1) is 17.8 Å². The van der Waals surface area contributed by atoms with Crippen molar-refractivity contribution in [3.63, 3.8) is 0 Å². The van der Waals surface area contributed by atoms with Crippen molar-refractivity contribution in [3.8, 4) is 11.1 Å². The molecule has 1 fully saturated rings. The van der Waals surface area contributed by atoms with Crippen molar-refractivity contribution in [1.29, 1.82) is 0 Å². The van der Waals surface area contributed by atoms with Gasteiger partial charge in [0.1, 0.15) is 0 Å². The lowest BCUT2D eigenvalue weighted by Gasteiger charge is -2.16. The van der Waals surface area contributed by atoms with Crippen LogP contribution in [0.1, 0.15) is 72.9 Å². The van der Waals surface area contributed by atoms with Gasteiger partial charge in [-0.05, 0) is 66.2 Å². The van der Waals surface area contributed by atoms with Gasteiger partial charge in [0.15, 0.2) is 19.0 Å². The number of rotatable bonds is 14. The van der Waals surface area contributed by atoms with Crippen molar-refractivity contribution in [2.75, 3.05) is 26.3 Å². The molecule has 0 heterocycles. The van der Waals surface area contributed by atoms with E-state index in [2.05, 4.69) is 38.3 Å². The Morgan fingerprint density at radius 2 is 1.41 bits per heavy atom. The second kappa shape index (κ2) is 13.5. The Labute approximate surface area is 242 Å². The van der Waals surface area contributed by atoms with Crippen LogP contribution in [0.4, 0.5) is 0 Å². The first kappa shape index (κ1) is 30.6. The van der Waals surface area contributed by atoms with Gasteiger partial charge in [-0.3, -0.25) is 19.2 Å². The smallest absolute Gasteiger partial charge is 0.320 e. The summed E-state index contributed by atoms with van der Waals surface area (Å²) in [5.74, 6) is 0.162. The van der Waals surface area contributed by atoms with E-state index in [9.17, 15) is 19.2 Å². The topological polar surface area (TPSA) is 111 Å². The second-order valence-electron chi connectivity index (χ2n) is 11.8. The average Bonchev–Trinajstić information content (AvgIpc) is 3.30. The van der Waals surface area contributed by atoms with Crippen molar-refractivity contribution in [1.82, 2.24) is 10.6 Å². The quantitative estimate of drug-likeness (QED) is 0.261. The van der Waals surface area contributed by atoms with E-state index in [-0.39, 0.29) is 43.9 Å². The number of nitrogens with one attached hydrogen (secondary N) is 2. The molecule has 2 aromatic rings. The highest BCUT2D eigenvalue weighted by atomic mass is 16.5. The molecule has 0 amide bonds. The summed E-state index contributed by atoms with van der Waals surface area (Å²) in [6.45, 7) is 10.0. The number of hydrogen-bond donors (Lipinski definition) is 2. The largest absolute Gasteiger partial charge is 0.456 e. The van der Waals surface area contributed by atoms with E-state index in [1.165, 1.54) is 0 Å². The van der Waals surface area contributed by atoms with Gasteiger partial charge in [0.25, 0.3) is 0 Å². The van der Waals surface area contributed by atoms with Gasteiger partial charge in [0, 0.05) is 23.2 Å². The van der Waals surface area contributed by atoms with Gasteiger partial charge in [-0.2, -0.15) is 0 Å². The van der Waals surface area contributed by atoms with Crippen molar-refractivity contribution in [2.24, 2.45) is 17.8 Å². The second-order valence-corrected chi connectivity index (χ2v) is 11.8. The van der Waals surface area contributed by atoms with Crippen LogP contribution in [0.2, 0.25) is 0 Å². The summed E-state index contributed by atoms with van der Waals surface area (Å²) in [5, 5.41) is 6.29. The van der Waals surface area contributed by atoms with E-state index < -0.39 is 11.9 Å². The summed E-state index contributed by atoms with van der Waals surface area (Å²) in [4.78, 5) is 49.7. The number of carbonyl (C=O) groups excluding carboxylic acids is 4. The third kappa shape index (κ3) is 7.68. The van der Waals surface area contributed by atoms with Gasteiger partial charge < -0.3 is 20.1 Å². The molecule has 4 rings (SSSR count). The molecule has 41 heavy (non-hydrogen) atoms. The van der Waals surface area contributed by atoms with Gasteiger partial charge in [0.2, 0.25) is 5.78 Å². The molecule has 0 bridgehead atoms. The van der Waals surface area contributed by atoms with Gasteiger partial charge >= 0.3 is 11.9 Å². The minimum atomic E-state index is -0.457. The molecule has 0 aliphatic heterocycles. The van der Waals surface area contributed by atoms with Crippen LogP contribution < -0.4 is 10.6 Å². The summed E-state index contributed by atoms with van der Waals surface area (Å²) in [7, 11) is 0. The highest BCUT2D eigenvalue weighted by Crippen LogP contribution is 2.37. The number of ketones is 2. The van der Waals surface area contributed by atoms with E-state index in [1.54, 1.807) is 12.1 Å². The molecular formula is C33H42N2O6. The zero-order chi connectivity index (χ0) is 29.7. The van der Waals surface area contributed by atoms with Crippen molar-refractivity contribution in [2.45, 2.75) is 66.0 Å². The Morgan fingerprint density at radius 1 is 0.805 bits per heavy atom. The molecule has 1 saturated carbocycles. The van der Waals surface area contributed by atoms with Crippen molar-refractivity contribution >= 4 is 23.5 Å². The molecule has 0 radical (unpaired) electrons. The Balaban J connectivity index is 1.32. The number of carbonyl (C=O) groups is 4. The summed E-state index contributed by atoms with van der Waals surface area (Å²) >= 11 is 0. The Kier molecular flexibility index (Phi) is 10.1. The maximum absolute atomic E-state index is 13.0. The number of benzene rings is 2. The molecule has 0 spiro atoms.